The molecule has 0 radical (unpaired) electrons. The molecule has 1 aromatic carbocycles. The van der Waals surface area contributed by atoms with Gasteiger partial charge in [-0.3, -0.25) is 4.79 Å². The Labute approximate surface area is 109 Å². The number of carbonyl (C=O) groups excluding carboxylic acids is 1. The van der Waals surface area contributed by atoms with E-state index in [2.05, 4.69) is 15.9 Å². The molecule has 1 atom stereocenters. The van der Waals surface area contributed by atoms with Gasteiger partial charge in [-0.15, -0.1) is 0 Å². The lowest BCUT2D eigenvalue weighted by Crippen LogP contribution is -2.15. The lowest BCUT2D eigenvalue weighted by Gasteiger charge is -2.08. The van der Waals surface area contributed by atoms with Crippen LogP contribution in [0.15, 0.2) is 28.7 Å². The SMILES string of the molecule is O=C(COCC1CCOC1)c1ccc(Br)cc1. The molecule has 17 heavy (non-hydrogen) atoms. The molecule has 4 heteroatoms. The van der Waals surface area contributed by atoms with Crippen molar-refractivity contribution in [1.29, 1.82) is 0 Å². The molecule has 1 heterocycles. The molecule has 3 nitrogen and oxygen atoms in total. The fourth-order valence-electron chi connectivity index (χ4n) is 1.75. The summed E-state index contributed by atoms with van der Waals surface area (Å²) in [6.45, 7) is 2.33. The van der Waals surface area contributed by atoms with Crippen LogP contribution < -0.4 is 0 Å². The summed E-state index contributed by atoms with van der Waals surface area (Å²) in [6, 6.07) is 7.32. The highest BCUT2D eigenvalue weighted by Crippen LogP contribution is 2.13. The summed E-state index contributed by atoms with van der Waals surface area (Å²) in [5, 5.41) is 0. The zero-order valence-corrected chi connectivity index (χ0v) is 11.1. The minimum atomic E-state index is 0.0245. The third-order valence-corrected chi connectivity index (χ3v) is 3.31. The van der Waals surface area contributed by atoms with Crippen LogP contribution in [0.1, 0.15) is 16.8 Å². The summed E-state index contributed by atoms with van der Waals surface area (Å²) in [5.41, 5.74) is 0.691. The van der Waals surface area contributed by atoms with Crippen molar-refractivity contribution in [2.24, 2.45) is 5.92 Å². The van der Waals surface area contributed by atoms with Crippen LogP contribution in [0.5, 0.6) is 0 Å². The molecular weight excluding hydrogens is 284 g/mol. The van der Waals surface area contributed by atoms with E-state index in [-0.39, 0.29) is 12.4 Å². The van der Waals surface area contributed by atoms with Gasteiger partial charge in [0.15, 0.2) is 5.78 Å². The number of benzene rings is 1. The Bertz CT molecular complexity index is 369. The summed E-state index contributed by atoms with van der Waals surface area (Å²) in [6.07, 6.45) is 1.03. The van der Waals surface area contributed by atoms with Crippen molar-refractivity contribution in [3.63, 3.8) is 0 Å². The lowest BCUT2D eigenvalue weighted by molar-refractivity contribution is 0.0652. The van der Waals surface area contributed by atoms with E-state index in [4.69, 9.17) is 9.47 Å². The van der Waals surface area contributed by atoms with Gasteiger partial charge in [-0.1, -0.05) is 28.1 Å². The fourth-order valence-corrected chi connectivity index (χ4v) is 2.02. The Kier molecular flexibility index (Phi) is 4.71. The van der Waals surface area contributed by atoms with E-state index >= 15 is 0 Å². The maximum Gasteiger partial charge on any atom is 0.188 e. The largest absolute Gasteiger partial charge is 0.381 e. The highest BCUT2D eigenvalue weighted by Gasteiger charge is 2.16. The number of halogens is 1. The monoisotopic (exact) mass is 298 g/mol. The van der Waals surface area contributed by atoms with Crippen molar-refractivity contribution in [3.8, 4) is 0 Å². The number of ketones is 1. The van der Waals surface area contributed by atoms with Gasteiger partial charge in [-0.05, 0) is 18.6 Å². The number of ether oxygens (including phenoxy) is 2. The quantitative estimate of drug-likeness (QED) is 0.784. The Morgan fingerprint density at radius 2 is 2.18 bits per heavy atom. The Morgan fingerprint density at radius 1 is 1.41 bits per heavy atom. The molecule has 92 valence electrons. The summed E-state index contributed by atoms with van der Waals surface area (Å²) in [4.78, 5) is 11.8. The summed E-state index contributed by atoms with van der Waals surface area (Å²) in [7, 11) is 0. The second-order valence-corrected chi connectivity index (χ2v) is 5.09. The van der Waals surface area contributed by atoms with Crippen LogP contribution in [0.3, 0.4) is 0 Å². The first kappa shape index (κ1) is 12.7. The topological polar surface area (TPSA) is 35.5 Å². The molecular formula is C13H15BrO3. The molecule has 0 aliphatic carbocycles. The standard InChI is InChI=1S/C13H15BrO3/c14-12-3-1-11(2-4-12)13(15)9-17-8-10-5-6-16-7-10/h1-4,10H,5-9H2. The van der Waals surface area contributed by atoms with Gasteiger partial charge in [-0.2, -0.15) is 0 Å². The number of hydrogen-bond acceptors (Lipinski definition) is 3. The van der Waals surface area contributed by atoms with E-state index in [9.17, 15) is 4.79 Å². The molecule has 1 fully saturated rings. The number of rotatable bonds is 5. The summed E-state index contributed by atoms with van der Waals surface area (Å²) < 4.78 is 11.6. The molecule has 0 saturated carbocycles. The first-order valence-electron chi connectivity index (χ1n) is 5.70. The Morgan fingerprint density at radius 3 is 2.82 bits per heavy atom. The predicted octanol–water partition coefficient (Wildman–Crippen LogP) is 2.68. The first-order chi connectivity index (χ1) is 8.25. The second-order valence-electron chi connectivity index (χ2n) is 4.17. The molecule has 1 aliphatic rings. The third kappa shape index (κ3) is 3.91. The van der Waals surface area contributed by atoms with Crippen LogP contribution in [0, 0.1) is 5.92 Å². The maximum absolute atomic E-state index is 11.8. The molecule has 1 saturated heterocycles. The molecule has 1 aromatic rings. The molecule has 0 aromatic heterocycles. The van der Waals surface area contributed by atoms with Crippen LogP contribution in [-0.4, -0.2) is 32.2 Å². The van der Waals surface area contributed by atoms with Crippen molar-refractivity contribution in [3.05, 3.63) is 34.3 Å². The molecule has 1 aliphatic heterocycles. The minimum Gasteiger partial charge on any atom is -0.381 e. The average Bonchev–Trinajstić information content (AvgIpc) is 2.83. The van der Waals surface area contributed by atoms with Crippen molar-refractivity contribution < 1.29 is 14.3 Å². The fraction of sp³-hybridized carbons (Fsp3) is 0.462. The van der Waals surface area contributed by atoms with Gasteiger partial charge in [-0.25, -0.2) is 0 Å². The van der Waals surface area contributed by atoms with Gasteiger partial charge >= 0.3 is 0 Å². The van der Waals surface area contributed by atoms with Gasteiger partial charge < -0.3 is 9.47 Å². The molecule has 1 unspecified atom stereocenters. The van der Waals surface area contributed by atoms with E-state index < -0.39 is 0 Å². The van der Waals surface area contributed by atoms with Gasteiger partial charge in [0.1, 0.15) is 6.61 Å². The Hall–Kier alpha value is -0.710. The van der Waals surface area contributed by atoms with E-state index in [1.165, 1.54) is 0 Å². The van der Waals surface area contributed by atoms with Gasteiger partial charge in [0, 0.05) is 22.6 Å². The summed E-state index contributed by atoms with van der Waals surface area (Å²) >= 11 is 3.34. The highest BCUT2D eigenvalue weighted by atomic mass is 79.9. The summed E-state index contributed by atoms with van der Waals surface area (Å²) in [5.74, 6) is 0.476. The number of carbonyl (C=O) groups is 1. The van der Waals surface area contributed by atoms with Crippen molar-refractivity contribution in [2.75, 3.05) is 26.4 Å². The zero-order valence-electron chi connectivity index (χ0n) is 9.52. The number of hydrogen-bond donors (Lipinski definition) is 0. The number of Topliss-reactive ketones (excluding diaryl/α,β-unsaturated/α-hetero) is 1. The highest BCUT2D eigenvalue weighted by molar-refractivity contribution is 9.10. The molecule has 0 N–H and O–H groups in total. The van der Waals surface area contributed by atoms with E-state index in [0.717, 1.165) is 24.1 Å². The second kappa shape index (κ2) is 6.28. The van der Waals surface area contributed by atoms with Gasteiger partial charge in [0.25, 0.3) is 0 Å². The molecule has 0 amide bonds. The average molecular weight is 299 g/mol. The van der Waals surface area contributed by atoms with Gasteiger partial charge in [0.05, 0.1) is 13.2 Å². The smallest absolute Gasteiger partial charge is 0.188 e. The zero-order chi connectivity index (χ0) is 12.1. The Balaban J connectivity index is 1.75. The van der Waals surface area contributed by atoms with Crippen LogP contribution in [-0.2, 0) is 9.47 Å². The van der Waals surface area contributed by atoms with Gasteiger partial charge in [0.2, 0.25) is 0 Å². The molecule has 0 bridgehead atoms. The van der Waals surface area contributed by atoms with E-state index in [1.54, 1.807) is 12.1 Å². The third-order valence-electron chi connectivity index (χ3n) is 2.78. The van der Waals surface area contributed by atoms with Crippen LogP contribution in [0.25, 0.3) is 0 Å². The predicted molar refractivity (Wildman–Crippen MR) is 68.2 cm³/mol. The van der Waals surface area contributed by atoms with Crippen LogP contribution in [0.4, 0.5) is 0 Å². The van der Waals surface area contributed by atoms with Crippen molar-refractivity contribution in [1.82, 2.24) is 0 Å². The van der Waals surface area contributed by atoms with Crippen molar-refractivity contribution in [2.45, 2.75) is 6.42 Å². The lowest BCUT2D eigenvalue weighted by atomic mass is 10.1. The minimum absolute atomic E-state index is 0.0245. The van der Waals surface area contributed by atoms with Crippen LogP contribution >= 0.6 is 15.9 Å². The van der Waals surface area contributed by atoms with Crippen molar-refractivity contribution >= 4 is 21.7 Å². The molecule has 0 spiro atoms. The first-order valence-corrected chi connectivity index (χ1v) is 6.49. The maximum atomic E-state index is 11.8. The normalized spacial score (nSPS) is 19.5. The van der Waals surface area contributed by atoms with E-state index in [0.29, 0.717) is 18.1 Å². The van der Waals surface area contributed by atoms with E-state index in [1.807, 2.05) is 12.1 Å². The molecule has 2 rings (SSSR count). The van der Waals surface area contributed by atoms with Crippen LogP contribution in [0.2, 0.25) is 0 Å².